The lowest BCUT2D eigenvalue weighted by Crippen LogP contribution is -2.54. The van der Waals surface area contributed by atoms with Crippen molar-refractivity contribution in [2.75, 3.05) is 26.2 Å². The molecular formula is C20H26ClN5O2. The summed E-state index contributed by atoms with van der Waals surface area (Å²) in [5.74, 6) is 0.127. The highest BCUT2D eigenvalue weighted by Crippen LogP contribution is 2.18. The summed E-state index contributed by atoms with van der Waals surface area (Å²) in [6, 6.07) is 7.27. The molecule has 0 bridgehead atoms. The number of urea groups is 1. The van der Waals surface area contributed by atoms with Gasteiger partial charge in [-0.15, -0.1) is 0 Å². The summed E-state index contributed by atoms with van der Waals surface area (Å²) in [5.41, 5.74) is 1.42. The molecule has 0 radical (unpaired) electrons. The number of piperazine rings is 1. The molecule has 150 valence electrons. The Kier molecular flexibility index (Phi) is 5.93. The van der Waals surface area contributed by atoms with Crippen LogP contribution in [0.4, 0.5) is 4.79 Å². The molecule has 0 saturated carbocycles. The third-order valence-corrected chi connectivity index (χ3v) is 4.92. The van der Waals surface area contributed by atoms with Crippen molar-refractivity contribution in [2.24, 2.45) is 5.41 Å². The SMILES string of the molecule is CC(C)(C)C(=O)N1CCN(C(=O)NCc2cnn(-c3ccc(Cl)cc3)c2)CC1. The molecule has 1 aliphatic heterocycles. The Hall–Kier alpha value is -2.54. The number of hydrogen-bond acceptors (Lipinski definition) is 3. The zero-order valence-corrected chi connectivity index (χ0v) is 17.2. The molecule has 8 heteroatoms. The molecule has 0 aliphatic carbocycles. The van der Waals surface area contributed by atoms with Gasteiger partial charge in [-0.25, -0.2) is 9.48 Å². The summed E-state index contributed by atoms with van der Waals surface area (Å²) in [7, 11) is 0. The number of carbonyl (C=O) groups is 2. The van der Waals surface area contributed by atoms with Gasteiger partial charge < -0.3 is 15.1 Å². The molecule has 0 atom stereocenters. The van der Waals surface area contributed by atoms with Crippen molar-refractivity contribution in [3.63, 3.8) is 0 Å². The monoisotopic (exact) mass is 403 g/mol. The van der Waals surface area contributed by atoms with Crippen molar-refractivity contribution in [3.05, 3.63) is 47.2 Å². The van der Waals surface area contributed by atoms with Crippen LogP contribution in [0.1, 0.15) is 26.3 Å². The van der Waals surface area contributed by atoms with Gasteiger partial charge in [-0.1, -0.05) is 32.4 Å². The highest BCUT2D eigenvalue weighted by atomic mass is 35.5. The first-order chi connectivity index (χ1) is 13.2. The van der Waals surface area contributed by atoms with Gasteiger partial charge in [0.25, 0.3) is 0 Å². The zero-order chi connectivity index (χ0) is 20.3. The number of hydrogen-bond donors (Lipinski definition) is 1. The molecule has 2 heterocycles. The summed E-state index contributed by atoms with van der Waals surface area (Å²) in [4.78, 5) is 28.3. The fraction of sp³-hybridized carbons (Fsp3) is 0.450. The molecule has 3 rings (SSSR count). The molecule has 0 spiro atoms. The maximum absolute atomic E-state index is 12.4. The molecular weight excluding hydrogens is 378 g/mol. The number of aromatic nitrogens is 2. The second-order valence-corrected chi connectivity index (χ2v) is 8.39. The number of carbonyl (C=O) groups excluding carboxylic acids is 2. The van der Waals surface area contributed by atoms with Crippen molar-refractivity contribution >= 4 is 23.5 Å². The Labute approximate surface area is 170 Å². The Bertz CT molecular complexity index is 833. The normalized spacial score (nSPS) is 14.9. The van der Waals surface area contributed by atoms with Crippen LogP contribution >= 0.6 is 11.6 Å². The molecule has 1 aromatic heterocycles. The average Bonchev–Trinajstić information content (AvgIpc) is 3.14. The number of benzene rings is 1. The second-order valence-electron chi connectivity index (χ2n) is 7.96. The lowest BCUT2D eigenvalue weighted by Gasteiger charge is -2.37. The third-order valence-electron chi connectivity index (χ3n) is 4.67. The predicted molar refractivity (Wildman–Crippen MR) is 108 cm³/mol. The van der Waals surface area contributed by atoms with Crippen LogP contribution in [0.3, 0.4) is 0 Å². The van der Waals surface area contributed by atoms with E-state index in [2.05, 4.69) is 10.4 Å². The summed E-state index contributed by atoms with van der Waals surface area (Å²) < 4.78 is 1.74. The minimum absolute atomic E-state index is 0.123. The van der Waals surface area contributed by atoms with Crippen molar-refractivity contribution < 1.29 is 9.59 Å². The van der Waals surface area contributed by atoms with Gasteiger partial charge in [0.15, 0.2) is 0 Å². The highest BCUT2D eigenvalue weighted by Gasteiger charge is 2.30. The number of nitrogens with one attached hydrogen (secondary N) is 1. The summed E-state index contributed by atoms with van der Waals surface area (Å²) >= 11 is 5.91. The first-order valence-electron chi connectivity index (χ1n) is 9.36. The Morgan fingerprint density at radius 2 is 1.68 bits per heavy atom. The van der Waals surface area contributed by atoms with E-state index in [1.54, 1.807) is 15.8 Å². The zero-order valence-electron chi connectivity index (χ0n) is 16.5. The molecule has 1 N–H and O–H groups in total. The molecule has 28 heavy (non-hydrogen) atoms. The standard InChI is InChI=1S/C20H26ClN5O2/c1-20(2,3)18(27)24-8-10-25(11-9-24)19(28)22-12-15-13-23-26(14-15)17-6-4-16(21)5-7-17/h4-7,13-14H,8-12H2,1-3H3,(H,22,28). The van der Waals surface area contributed by atoms with Gasteiger partial charge in [0.05, 0.1) is 11.9 Å². The largest absolute Gasteiger partial charge is 0.339 e. The number of halogens is 1. The topological polar surface area (TPSA) is 70.5 Å². The molecule has 0 unspecified atom stereocenters. The molecule has 2 aromatic rings. The first-order valence-corrected chi connectivity index (χ1v) is 9.73. The van der Waals surface area contributed by atoms with E-state index in [4.69, 9.17) is 11.6 Å². The van der Waals surface area contributed by atoms with Crippen molar-refractivity contribution in [2.45, 2.75) is 27.3 Å². The number of nitrogens with zero attached hydrogens (tertiary/aromatic N) is 4. The van der Waals surface area contributed by atoms with E-state index in [9.17, 15) is 9.59 Å². The lowest BCUT2D eigenvalue weighted by molar-refractivity contribution is -0.140. The van der Waals surface area contributed by atoms with Crippen molar-refractivity contribution in [3.8, 4) is 5.69 Å². The highest BCUT2D eigenvalue weighted by molar-refractivity contribution is 6.30. The van der Waals surface area contributed by atoms with E-state index < -0.39 is 5.41 Å². The second kappa shape index (κ2) is 8.22. The van der Waals surface area contributed by atoms with E-state index in [1.165, 1.54) is 0 Å². The number of amides is 3. The van der Waals surface area contributed by atoms with Crippen LogP contribution in [0.5, 0.6) is 0 Å². The van der Waals surface area contributed by atoms with Gasteiger partial charge in [-0.05, 0) is 24.3 Å². The van der Waals surface area contributed by atoms with Crippen LogP contribution in [-0.2, 0) is 11.3 Å². The number of rotatable bonds is 3. The fourth-order valence-electron chi connectivity index (χ4n) is 3.06. The van der Waals surface area contributed by atoms with E-state index >= 15 is 0 Å². The van der Waals surface area contributed by atoms with Crippen LogP contribution in [0.15, 0.2) is 36.7 Å². The maximum Gasteiger partial charge on any atom is 0.317 e. The summed E-state index contributed by atoms with van der Waals surface area (Å²) in [5, 5.41) is 7.92. The van der Waals surface area contributed by atoms with E-state index in [-0.39, 0.29) is 11.9 Å². The van der Waals surface area contributed by atoms with Crippen LogP contribution in [0.2, 0.25) is 5.02 Å². The van der Waals surface area contributed by atoms with Gasteiger partial charge in [-0.3, -0.25) is 4.79 Å². The van der Waals surface area contributed by atoms with Gasteiger partial charge in [-0.2, -0.15) is 5.10 Å². The molecule has 7 nitrogen and oxygen atoms in total. The summed E-state index contributed by atoms with van der Waals surface area (Å²) in [6.07, 6.45) is 3.61. The maximum atomic E-state index is 12.4. The lowest BCUT2D eigenvalue weighted by atomic mass is 9.94. The van der Waals surface area contributed by atoms with Crippen molar-refractivity contribution in [1.82, 2.24) is 24.9 Å². The van der Waals surface area contributed by atoms with Crippen molar-refractivity contribution in [1.29, 1.82) is 0 Å². The van der Waals surface area contributed by atoms with Crippen LogP contribution in [-0.4, -0.2) is 57.7 Å². The van der Waals surface area contributed by atoms with Gasteiger partial charge in [0.2, 0.25) is 5.91 Å². The predicted octanol–water partition coefficient (Wildman–Crippen LogP) is 2.93. The molecule has 1 saturated heterocycles. The smallest absolute Gasteiger partial charge is 0.317 e. The minimum Gasteiger partial charge on any atom is -0.339 e. The van der Waals surface area contributed by atoms with E-state index in [0.717, 1.165) is 11.3 Å². The quantitative estimate of drug-likeness (QED) is 0.856. The molecule has 1 aliphatic rings. The van der Waals surface area contributed by atoms with Crippen LogP contribution in [0.25, 0.3) is 5.69 Å². The Morgan fingerprint density at radius 3 is 2.29 bits per heavy atom. The minimum atomic E-state index is -0.394. The molecule has 3 amide bonds. The van der Waals surface area contributed by atoms with Crippen LogP contribution < -0.4 is 5.32 Å². The van der Waals surface area contributed by atoms with E-state index in [1.807, 2.05) is 56.1 Å². The first kappa shape index (κ1) is 20.2. The van der Waals surface area contributed by atoms with Gasteiger partial charge >= 0.3 is 6.03 Å². The Balaban J connectivity index is 1.49. The van der Waals surface area contributed by atoms with Gasteiger partial charge in [0, 0.05) is 54.9 Å². The fourth-order valence-corrected chi connectivity index (χ4v) is 3.19. The average molecular weight is 404 g/mol. The van der Waals surface area contributed by atoms with Crippen LogP contribution in [0, 0.1) is 5.41 Å². The molecule has 1 aromatic carbocycles. The Morgan fingerprint density at radius 1 is 1.07 bits per heavy atom. The third kappa shape index (κ3) is 4.84. The summed E-state index contributed by atoms with van der Waals surface area (Å²) in [6.45, 7) is 8.36. The van der Waals surface area contributed by atoms with E-state index in [0.29, 0.717) is 37.7 Å². The van der Waals surface area contributed by atoms with Gasteiger partial charge in [0.1, 0.15) is 0 Å². The molecule has 1 fully saturated rings.